The lowest BCUT2D eigenvalue weighted by Crippen LogP contribution is -2.22. The quantitative estimate of drug-likeness (QED) is 0.253. The summed E-state index contributed by atoms with van der Waals surface area (Å²) in [7, 11) is 0. The van der Waals surface area contributed by atoms with E-state index in [1.165, 1.54) is 9.79 Å². The standard InChI is InChI=1S/C30H30N6S2/c1-29(2,3)23-15-31-17-25(33-23)35-19-11-7-9-13-21(19)37-27(35)28-36(20-12-8-10-14-22(20)38-28)26-18-32-16-24(34-26)30(4,5)6/h7-18H,1-6H3/b28-27+. The molecule has 6 nitrogen and oxygen atoms in total. The highest BCUT2D eigenvalue weighted by atomic mass is 32.2. The number of anilines is 4. The monoisotopic (exact) mass is 538 g/mol. The molecule has 4 aromatic rings. The van der Waals surface area contributed by atoms with E-state index >= 15 is 0 Å². The molecule has 2 aliphatic rings. The lowest BCUT2D eigenvalue weighted by atomic mass is 9.93. The molecule has 0 atom stereocenters. The Bertz CT molecular complexity index is 1450. The maximum Gasteiger partial charge on any atom is 0.156 e. The summed E-state index contributed by atoms with van der Waals surface area (Å²) in [6, 6.07) is 17.0. The molecule has 0 radical (unpaired) electrons. The largest absolute Gasteiger partial charge is 0.284 e. The predicted molar refractivity (Wildman–Crippen MR) is 157 cm³/mol. The minimum atomic E-state index is -0.115. The van der Waals surface area contributed by atoms with Gasteiger partial charge in [0.05, 0.1) is 35.2 Å². The van der Waals surface area contributed by atoms with Gasteiger partial charge in [-0.2, -0.15) is 0 Å². The Balaban J connectivity index is 1.57. The van der Waals surface area contributed by atoms with Gasteiger partial charge in [-0.3, -0.25) is 19.8 Å². The van der Waals surface area contributed by atoms with Crippen LogP contribution in [0.25, 0.3) is 0 Å². The molecule has 0 unspecified atom stereocenters. The second-order valence-electron chi connectivity index (χ2n) is 11.4. The van der Waals surface area contributed by atoms with Gasteiger partial charge in [0.1, 0.15) is 10.1 Å². The number of para-hydroxylation sites is 2. The Morgan fingerprint density at radius 2 is 0.947 bits per heavy atom. The summed E-state index contributed by atoms with van der Waals surface area (Å²) in [5.74, 6) is 1.62. The van der Waals surface area contributed by atoms with Crippen LogP contribution in [-0.4, -0.2) is 19.9 Å². The second kappa shape index (κ2) is 9.13. The average Bonchev–Trinajstić information content (AvgIpc) is 3.46. The SMILES string of the molecule is CC(C)(C)c1cncc(N2/C(=C3\Sc4ccccc4N3c3cncc(C(C)(C)C)n3)Sc3ccccc32)n1. The number of hydrogen-bond donors (Lipinski definition) is 0. The average molecular weight is 539 g/mol. The molecule has 4 heterocycles. The van der Waals surface area contributed by atoms with Crippen molar-refractivity contribution in [3.8, 4) is 0 Å². The fourth-order valence-electron chi connectivity index (χ4n) is 4.36. The smallest absolute Gasteiger partial charge is 0.156 e. The second-order valence-corrected chi connectivity index (χ2v) is 13.5. The van der Waals surface area contributed by atoms with Crippen LogP contribution in [0.15, 0.2) is 93.2 Å². The fraction of sp³-hybridized carbons (Fsp3) is 0.267. The lowest BCUT2D eigenvalue weighted by Gasteiger charge is -2.27. The van der Waals surface area contributed by atoms with Crippen molar-refractivity contribution >= 4 is 46.5 Å². The van der Waals surface area contributed by atoms with Gasteiger partial charge in [0.2, 0.25) is 0 Å². The van der Waals surface area contributed by atoms with Crippen molar-refractivity contribution in [3.63, 3.8) is 0 Å². The minimum absolute atomic E-state index is 0.115. The first kappa shape index (κ1) is 24.9. The van der Waals surface area contributed by atoms with Crippen molar-refractivity contribution in [1.29, 1.82) is 0 Å². The summed E-state index contributed by atoms with van der Waals surface area (Å²) in [4.78, 5) is 26.3. The molecule has 6 rings (SSSR count). The Morgan fingerprint density at radius 1 is 0.553 bits per heavy atom. The van der Waals surface area contributed by atoms with Gasteiger partial charge >= 0.3 is 0 Å². The van der Waals surface area contributed by atoms with Gasteiger partial charge in [0, 0.05) is 33.0 Å². The van der Waals surface area contributed by atoms with Gasteiger partial charge in [0.25, 0.3) is 0 Å². The van der Waals surface area contributed by atoms with E-state index in [9.17, 15) is 0 Å². The maximum absolute atomic E-state index is 5.10. The van der Waals surface area contributed by atoms with Crippen molar-refractivity contribution in [3.05, 3.63) is 94.8 Å². The highest BCUT2D eigenvalue weighted by Gasteiger charge is 2.38. The molecule has 2 aliphatic heterocycles. The molecule has 0 N–H and O–H groups in total. The van der Waals surface area contributed by atoms with Crippen LogP contribution in [0.1, 0.15) is 52.9 Å². The van der Waals surface area contributed by atoms with E-state index in [2.05, 4.69) is 110 Å². The molecule has 192 valence electrons. The third-order valence-electron chi connectivity index (χ3n) is 6.45. The third-order valence-corrected chi connectivity index (χ3v) is 8.85. The molecule has 0 fully saturated rings. The van der Waals surface area contributed by atoms with E-state index in [0.717, 1.165) is 44.5 Å². The molecule has 0 amide bonds. The van der Waals surface area contributed by atoms with E-state index in [4.69, 9.17) is 9.97 Å². The van der Waals surface area contributed by atoms with Crippen LogP contribution in [0.3, 0.4) is 0 Å². The molecule has 0 saturated carbocycles. The number of aromatic nitrogens is 4. The highest BCUT2D eigenvalue weighted by Crippen LogP contribution is 2.58. The third kappa shape index (κ3) is 4.35. The zero-order valence-electron chi connectivity index (χ0n) is 22.4. The first-order valence-corrected chi connectivity index (χ1v) is 14.3. The summed E-state index contributed by atoms with van der Waals surface area (Å²) in [5.41, 5.74) is 3.89. The normalized spacial score (nSPS) is 17.1. The van der Waals surface area contributed by atoms with Crippen molar-refractivity contribution < 1.29 is 0 Å². The molecule has 0 aliphatic carbocycles. The van der Waals surface area contributed by atoms with E-state index in [1.807, 2.05) is 24.8 Å². The molecule has 0 spiro atoms. The molecule has 8 heteroatoms. The van der Waals surface area contributed by atoms with E-state index in [0.29, 0.717) is 0 Å². The van der Waals surface area contributed by atoms with Crippen LogP contribution in [0, 0.1) is 0 Å². The number of fused-ring (bicyclic) bond motifs is 2. The molecular formula is C30H30N6S2. The summed E-state index contributed by atoms with van der Waals surface area (Å²) < 4.78 is 0. The van der Waals surface area contributed by atoms with Gasteiger partial charge < -0.3 is 0 Å². The van der Waals surface area contributed by atoms with E-state index in [-0.39, 0.29) is 10.8 Å². The van der Waals surface area contributed by atoms with Crippen molar-refractivity contribution in [2.45, 2.75) is 62.2 Å². The summed E-state index contributed by atoms with van der Waals surface area (Å²) in [6.07, 6.45) is 7.45. The summed E-state index contributed by atoms with van der Waals surface area (Å²) in [5, 5.41) is 2.16. The number of nitrogens with zero attached hydrogens (tertiary/aromatic N) is 6. The van der Waals surface area contributed by atoms with Crippen LogP contribution < -0.4 is 9.80 Å². The van der Waals surface area contributed by atoms with Crippen LogP contribution in [0.4, 0.5) is 23.0 Å². The molecule has 2 aromatic carbocycles. The van der Waals surface area contributed by atoms with Crippen molar-refractivity contribution in [1.82, 2.24) is 19.9 Å². The topological polar surface area (TPSA) is 58.0 Å². The van der Waals surface area contributed by atoms with Gasteiger partial charge in [-0.05, 0) is 24.3 Å². The molecule has 0 bridgehead atoms. The Labute approximate surface area is 232 Å². The van der Waals surface area contributed by atoms with E-state index in [1.54, 1.807) is 23.5 Å². The van der Waals surface area contributed by atoms with E-state index < -0.39 is 0 Å². The predicted octanol–water partition coefficient (Wildman–Crippen LogP) is 8.18. The number of benzene rings is 2. The molecule has 0 saturated heterocycles. The molecular weight excluding hydrogens is 509 g/mol. The van der Waals surface area contributed by atoms with Crippen LogP contribution >= 0.6 is 23.5 Å². The van der Waals surface area contributed by atoms with Gasteiger partial charge in [0.15, 0.2) is 11.6 Å². The van der Waals surface area contributed by atoms with Gasteiger partial charge in [-0.25, -0.2) is 9.97 Å². The fourth-order valence-corrected chi connectivity index (χ4v) is 6.77. The molecule has 38 heavy (non-hydrogen) atoms. The van der Waals surface area contributed by atoms with Gasteiger partial charge in [-0.1, -0.05) is 89.3 Å². The Kier molecular flexibility index (Phi) is 6.00. The first-order valence-electron chi connectivity index (χ1n) is 12.6. The highest BCUT2D eigenvalue weighted by molar-refractivity contribution is 8.07. The van der Waals surface area contributed by atoms with Gasteiger partial charge in [-0.15, -0.1) is 0 Å². The zero-order chi connectivity index (χ0) is 26.7. The van der Waals surface area contributed by atoms with Crippen LogP contribution in [0.2, 0.25) is 0 Å². The van der Waals surface area contributed by atoms with Crippen LogP contribution in [0.5, 0.6) is 0 Å². The number of thioether (sulfide) groups is 2. The lowest BCUT2D eigenvalue weighted by molar-refractivity contribution is 0.565. The maximum atomic E-state index is 5.10. The summed E-state index contributed by atoms with van der Waals surface area (Å²) >= 11 is 3.51. The Morgan fingerprint density at radius 3 is 1.34 bits per heavy atom. The van der Waals surface area contributed by atoms with Crippen molar-refractivity contribution in [2.75, 3.05) is 9.80 Å². The first-order chi connectivity index (χ1) is 18.1. The zero-order valence-corrected chi connectivity index (χ0v) is 24.1. The number of hydrogen-bond acceptors (Lipinski definition) is 8. The number of rotatable bonds is 2. The summed E-state index contributed by atoms with van der Waals surface area (Å²) in [6.45, 7) is 13.0. The minimum Gasteiger partial charge on any atom is -0.284 e. The van der Waals surface area contributed by atoms with Crippen molar-refractivity contribution in [2.24, 2.45) is 0 Å². The van der Waals surface area contributed by atoms with Crippen LogP contribution in [-0.2, 0) is 10.8 Å². The molecule has 2 aromatic heterocycles. The Hall–Kier alpha value is -3.36.